The van der Waals surface area contributed by atoms with E-state index in [1.165, 1.54) is 27.7 Å². The van der Waals surface area contributed by atoms with Gasteiger partial charge in [-0.05, 0) is 31.2 Å². The van der Waals surface area contributed by atoms with Crippen molar-refractivity contribution in [1.29, 1.82) is 0 Å². The van der Waals surface area contributed by atoms with Crippen LogP contribution in [0.3, 0.4) is 0 Å². The van der Waals surface area contributed by atoms with Gasteiger partial charge < -0.3 is 9.88 Å². The summed E-state index contributed by atoms with van der Waals surface area (Å²) in [6, 6.07) is 19.3. The molecule has 0 bridgehead atoms. The van der Waals surface area contributed by atoms with E-state index in [0.717, 1.165) is 13.1 Å². The Labute approximate surface area is 120 Å². The maximum atomic E-state index is 3.28. The van der Waals surface area contributed by atoms with Crippen LogP contribution in [0.1, 0.15) is 16.8 Å². The van der Waals surface area contributed by atoms with Crippen LogP contribution >= 0.6 is 0 Å². The number of para-hydroxylation sites is 1. The van der Waals surface area contributed by atoms with Crippen molar-refractivity contribution >= 4 is 10.9 Å². The van der Waals surface area contributed by atoms with E-state index in [1.54, 1.807) is 0 Å². The van der Waals surface area contributed by atoms with Crippen LogP contribution in [0.4, 0.5) is 0 Å². The molecule has 2 nitrogen and oxygen atoms in total. The van der Waals surface area contributed by atoms with E-state index in [1.807, 2.05) is 7.05 Å². The van der Waals surface area contributed by atoms with Crippen LogP contribution in [-0.4, -0.2) is 11.6 Å². The number of hydrogen-bond donors (Lipinski definition) is 1. The molecule has 0 saturated carbocycles. The van der Waals surface area contributed by atoms with Crippen molar-refractivity contribution in [1.82, 2.24) is 9.88 Å². The zero-order chi connectivity index (χ0) is 13.9. The predicted octanol–water partition coefficient (Wildman–Crippen LogP) is 3.72. The van der Waals surface area contributed by atoms with E-state index in [9.17, 15) is 0 Å². The highest BCUT2D eigenvalue weighted by Crippen LogP contribution is 2.26. The van der Waals surface area contributed by atoms with E-state index in [-0.39, 0.29) is 0 Å². The van der Waals surface area contributed by atoms with Crippen molar-refractivity contribution in [2.75, 3.05) is 7.05 Å². The highest BCUT2D eigenvalue weighted by molar-refractivity contribution is 5.85. The maximum absolute atomic E-state index is 3.28. The van der Waals surface area contributed by atoms with Crippen LogP contribution < -0.4 is 5.32 Å². The van der Waals surface area contributed by atoms with Crippen LogP contribution in [0.25, 0.3) is 10.9 Å². The maximum Gasteiger partial charge on any atom is 0.0488 e. The van der Waals surface area contributed by atoms with Crippen molar-refractivity contribution in [2.24, 2.45) is 0 Å². The van der Waals surface area contributed by atoms with Crippen LogP contribution in [0.5, 0.6) is 0 Å². The fraction of sp³-hybridized carbons (Fsp3) is 0.222. The average Bonchev–Trinajstić information content (AvgIpc) is 2.75. The first-order valence-corrected chi connectivity index (χ1v) is 7.06. The Hall–Kier alpha value is -2.06. The fourth-order valence-corrected chi connectivity index (χ4v) is 2.87. The molecule has 3 rings (SSSR count). The van der Waals surface area contributed by atoms with E-state index in [2.05, 4.69) is 71.4 Å². The number of fused-ring (bicyclic) bond motifs is 1. The minimum Gasteiger partial charge on any atom is -0.340 e. The second kappa shape index (κ2) is 5.51. The topological polar surface area (TPSA) is 17.0 Å². The molecule has 0 amide bonds. The van der Waals surface area contributed by atoms with Crippen LogP contribution in [0.15, 0.2) is 54.6 Å². The molecule has 2 heteroatoms. The molecule has 3 aromatic rings. The third-order valence-corrected chi connectivity index (χ3v) is 3.90. The quantitative estimate of drug-likeness (QED) is 0.760. The molecule has 0 radical (unpaired) electrons. The number of nitrogens with zero attached hydrogens (tertiary/aromatic N) is 1. The molecule has 0 fully saturated rings. The van der Waals surface area contributed by atoms with Gasteiger partial charge in [0.05, 0.1) is 0 Å². The van der Waals surface area contributed by atoms with Crippen molar-refractivity contribution < 1.29 is 0 Å². The monoisotopic (exact) mass is 264 g/mol. The van der Waals surface area contributed by atoms with Gasteiger partial charge in [0, 0.05) is 29.7 Å². The standard InChI is InChI=1S/C18H20N2/c1-14-17(12-19-2)16-10-6-7-11-18(16)20(14)13-15-8-4-3-5-9-15/h3-11,19H,12-13H2,1-2H3. The molecule has 2 aromatic carbocycles. The van der Waals surface area contributed by atoms with Gasteiger partial charge in [0.2, 0.25) is 0 Å². The highest BCUT2D eigenvalue weighted by Gasteiger charge is 2.12. The van der Waals surface area contributed by atoms with E-state index in [0.29, 0.717) is 0 Å². The van der Waals surface area contributed by atoms with Crippen molar-refractivity contribution in [3.63, 3.8) is 0 Å². The molecular weight excluding hydrogens is 244 g/mol. The smallest absolute Gasteiger partial charge is 0.0488 e. The lowest BCUT2D eigenvalue weighted by Crippen LogP contribution is -2.07. The fourth-order valence-electron chi connectivity index (χ4n) is 2.87. The molecule has 102 valence electrons. The highest BCUT2D eigenvalue weighted by atomic mass is 15.0. The van der Waals surface area contributed by atoms with E-state index >= 15 is 0 Å². The average molecular weight is 264 g/mol. The molecule has 1 aromatic heterocycles. The van der Waals surface area contributed by atoms with Gasteiger partial charge in [-0.2, -0.15) is 0 Å². The van der Waals surface area contributed by atoms with Crippen molar-refractivity contribution in [3.05, 3.63) is 71.4 Å². The molecule has 1 heterocycles. The van der Waals surface area contributed by atoms with Crippen LogP contribution in [-0.2, 0) is 13.1 Å². The van der Waals surface area contributed by atoms with Gasteiger partial charge in [0.15, 0.2) is 0 Å². The minimum atomic E-state index is 0.911. The third-order valence-electron chi connectivity index (χ3n) is 3.90. The van der Waals surface area contributed by atoms with Gasteiger partial charge in [-0.25, -0.2) is 0 Å². The Bertz CT molecular complexity index is 711. The lowest BCUT2D eigenvalue weighted by Gasteiger charge is -2.09. The summed E-state index contributed by atoms with van der Waals surface area (Å²) in [5.41, 5.74) is 5.41. The Morgan fingerprint density at radius 1 is 0.950 bits per heavy atom. The largest absolute Gasteiger partial charge is 0.340 e. The minimum absolute atomic E-state index is 0.911. The molecule has 1 N–H and O–H groups in total. The zero-order valence-electron chi connectivity index (χ0n) is 12.1. The molecule has 0 spiro atoms. The lowest BCUT2D eigenvalue weighted by atomic mass is 10.1. The van der Waals surface area contributed by atoms with Gasteiger partial charge in [0.1, 0.15) is 0 Å². The Kier molecular flexibility index (Phi) is 3.57. The molecule has 0 atom stereocenters. The normalized spacial score (nSPS) is 11.1. The summed E-state index contributed by atoms with van der Waals surface area (Å²) in [6.45, 7) is 4.06. The summed E-state index contributed by atoms with van der Waals surface area (Å²) < 4.78 is 2.41. The Morgan fingerprint density at radius 3 is 2.40 bits per heavy atom. The predicted molar refractivity (Wildman–Crippen MR) is 85.0 cm³/mol. The summed E-state index contributed by atoms with van der Waals surface area (Å²) in [4.78, 5) is 0. The second-order valence-corrected chi connectivity index (χ2v) is 5.18. The van der Waals surface area contributed by atoms with E-state index in [4.69, 9.17) is 0 Å². The molecule has 0 aliphatic heterocycles. The molecule has 20 heavy (non-hydrogen) atoms. The van der Waals surface area contributed by atoms with Gasteiger partial charge in [-0.15, -0.1) is 0 Å². The zero-order valence-corrected chi connectivity index (χ0v) is 12.1. The van der Waals surface area contributed by atoms with Crippen molar-refractivity contribution in [3.8, 4) is 0 Å². The number of aromatic nitrogens is 1. The first-order valence-electron chi connectivity index (χ1n) is 7.06. The molecular formula is C18H20N2. The number of hydrogen-bond acceptors (Lipinski definition) is 1. The number of benzene rings is 2. The van der Waals surface area contributed by atoms with Crippen molar-refractivity contribution in [2.45, 2.75) is 20.0 Å². The Balaban J connectivity index is 2.12. The van der Waals surface area contributed by atoms with Crippen LogP contribution in [0.2, 0.25) is 0 Å². The molecule has 0 aliphatic carbocycles. The lowest BCUT2D eigenvalue weighted by molar-refractivity contribution is 0.768. The summed E-state index contributed by atoms with van der Waals surface area (Å²) in [5, 5.41) is 4.64. The number of nitrogens with one attached hydrogen (secondary N) is 1. The van der Waals surface area contributed by atoms with Gasteiger partial charge in [-0.1, -0.05) is 48.5 Å². The summed E-state index contributed by atoms with van der Waals surface area (Å²) in [5.74, 6) is 0. The molecule has 0 saturated heterocycles. The third kappa shape index (κ3) is 2.23. The first-order chi connectivity index (χ1) is 9.81. The summed E-state index contributed by atoms with van der Waals surface area (Å²) in [6.07, 6.45) is 0. The second-order valence-electron chi connectivity index (χ2n) is 5.18. The molecule has 0 aliphatic rings. The van der Waals surface area contributed by atoms with Crippen LogP contribution in [0, 0.1) is 6.92 Å². The summed E-state index contributed by atoms with van der Waals surface area (Å²) in [7, 11) is 2.00. The van der Waals surface area contributed by atoms with Gasteiger partial charge in [0.25, 0.3) is 0 Å². The number of rotatable bonds is 4. The van der Waals surface area contributed by atoms with Gasteiger partial charge in [-0.3, -0.25) is 0 Å². The van der Waals surface area contributed by atoms with Gasteiger partial charge >= 0.3 is 0 Å². The Morgan fingerprint density at radius 2 is 1.65 bits per heavy atom. The first kappa shape index (κ1) is 12.9. The molecule has 0 unspecified atom stereocenters. The SMILES string of the molecule is CNCc1c(C)n(Cc2ccccc2)c2ccccc12. The summed E-state index contributed by atoms with van der Waals surface area (Å²) >= 11 is 0. The van der Waals surface area contributed by atoms with E-state index < -0.39 is 0 Å².